The average molecular weight is 260 g/mol. The van der Waals surface area contributed by atoms with E-state index in [4.69, 9.17) is 5.11 Å². The number of hydrogen-bond donors (Lipinski definition) is 2. The highest BCUT2D eigenvalue weighted by Gasteiger charge is 2.23. The van der Waals surface area contributed by atoms with Gasteiger partial charge < -0.3 is 10.4 Å². The van der Waals surface area contributed by atoms with Crippen LogP contribution in [0.15, 0.2) is 36.2 Å². The summed E-state index contributed by atoms with van der Waals surface area (Å²) in [5.41, 5.74) is 1.61. The molecule has 0 radical (unpaired) electrons. The van der Waals surface area contributed by atoms with Gasteiger partial charge in [0.05, 0.1) is 11.9 Å². The molecule has 5 heteroatoms. The highest BCUT2D eigenvalue weighted by Crippen LogP contribution is 2.28. The topological polar surface area (TPSA) is 79.3 Å². The fourth-order valence-corrected chi connectivity index (χ4v) is 2.25. The maximum absolute atomic E-state index is 12.0. The highest BCUT2D eigenvalue weighted by molar-refractivity contribution is 5.92. The van der Waals surface area contributed by atoms with E-state index in [-0.39, 0.29) is 11.8 Å². The molecule has 5 nitrogen and oxygen atoms in total. The van der Waals surface area contributed by atoms with Crippen molar-refractivity contribution in [3.8, 4) is 0 Å². The predicted molar refractivity (Wildman–Crippen MR) is 70.5 cm³/mol. The Labute approximate surface area is 111 Å². The van der Waals surface area contributed by atoms with Crippen molar-refractivity contribution in [2.24, 2.45) is 5.92 Å². The molecule has 19 heavy (non-hydrogen) atoms. The van der Waals surface area contributed by atoms with E-state index in [1.165, 1.54) is 6.08 Å². The van der Waals surface area contributed by atoms with Crippen LogP contribution in [-0.2, 0) is 9.59 Å². The number of rotatable bonds is 3. The Hall–Kier alpha value is -2.17. The quantitative estimate of drug-likeness (QED) is 0.817. The van der Waals surface area contributed by atoms with Crippen LogP contribution in [0.4, 0.5) is 5.69 Å². The number of carboxylic acid groups (broad SMARTS) is 1. The number of nitrogens with zero attached hydrogens (tertiary/aromatic N) is 1. The van der Waals surface area contributed by atoms with E-state index in [0.29, 0.717) is 31.4 Å². The van der Waals surface area contributed by atoms with E-state index < -0.39 is 5.97 Å². The second kappa shape index (κ2) is 6.13. The number of carbonyl (C=O) groups excluding carboxylic acids is 1. The number of amides is 1. The van der Waals surface area contributed by atoms with Gasteiger partial charge in [-0.15, -0.1) is 0 Å². The molecule has 1 aliphatic rings. The van der Waals surface area contributed by atoms with Gasteiger partial charge in [0.2, 0.25) is 5.91 Å². The molecule has 0 saturated heterocycles. The molecule has 1 aromatic rings. The molecule has 0 bridgehead atoms. The highest BCUT2D eigenvalue weighted by atomic mass is 16.4. The van der Waals surface area contributed by atoms with Crippen molar-refractivity contribution < 1.29 is 14.7 Å². The van der Waals surface area contributed by atoms with Gasteiger partial charge in [-0.25, -0.2) is 4.79 Å². The smallest absolute Gasteiger partial charge is 0.328 e. The Bertz CT molecular complexity index is 487. The molecule has 1 heterocycles. The molecular weight excluding hydrogens is 244 g/mol. The molecule has 0 unspecified atom stereocenters. The van der Waals surface area contributed by atoms with Crippen molar-refractivity contribution >= 4 is 17.6 Å². The fourth-order valence-electron chi connectivity index (χ4n) is 2.25. The standard InChI is InChI=1S/C14H16N2O3/c17-13(18)8-10-3-5-11(6-4-10)14(19)16-12-2-1-7-15-9-12/h1-2,7-9,11H,3-6H2,(H,16,19)(H,17,18). The van der Waals surface area contributed by atoms with E-state index in [9.17, 15) is 9.59 Å². The Morgan fingerprint density at radius 3 is 2.68 bits per heavy atom. The molecule has 1 fully saturated rings. The average Bonchev–Trinajstić information content (AvgIpc) is 2.40. The summed E-state index contributed by atoms with van der Waals surface area (Å²) < 4.78 is 0. The van der Waals surface area contributed by atoms with Gasteiger partial charge in [0, 0.05) is 18.2 Å². The third-order valence-electron chi connectivity index (χ3n) is 3.26. The van der Waals surface area contributed by atoms with Crippen LogP contribution < -0.4 is 5.32 Å². The third kappa shape index (κ3) is 3.91. The summed E-state index contributed by atoms with van der Waals surface area (Å²) in [4.78, 5) is 26.5. The van der Waals surface area contributed by atoms with Gasteiger partial charge in [0.1, 0.15) is 0 Å². The normalized spacial score (nSPS) is 18.7. The summed E-state index contributed by atoms with van der Waals surface area (Å²) in [6, 6.07) is 3.56. The largest absolute Gasteiger partial charge is 0.478 e. The number of nitrogens with one attached hydrogen (secondary N) is 1. The number of carbonyl (C=O) groups is 2. The SMILES string of the molecule is O=C(O)C=C1CCC(C(=O)Nc2cccnc2)CC1. The van der Waals surface area contributed by atoms with Crippen molar-refractivity contribution in [3.63, 3.8) is 0 Å². The summed E-state index contributed by atoms with van der Waals surface area (Å²) in [5, 5.41) is 11.5. The van der Waals surface area contributed by atoms with Gasteiger partial charge in [0.25, 0.3) is 0 Å². The molecule has 1 aliphatic carbocycles. The predicted octanol–water partition coefficient (Wildman–Crippen LogP) is 2.22. The number of aliphatic carboxylic acids is 1. The van der Waals surface area contributed by atoms with Crippen LogP contribution in [0.25, 0.3) is 0 Å². The van der Waals surface area contributed by atoms with Crippen LogP contribution in [0.2, 0.25) is 0 Å². The van der Waals surface area contributed by atoms with Gasteiger partial charge in [-0.1, -0.05) is 5.57 Å². The van der Waals surface area contributed by atoms with Crippen molar-refractivity contribution in [1.82, 2.24) is 4.98 Å². The number of carboxylic acids is 1. The van der Waals surface area contributed by atoms with Gasteiger partial charge in [-0.05, 0) is 37.8 Å². The van der Waals surface area contributed by atoms with Crippen LogP contribution in [0, 0.1) is 5.92 Å². The van der Waals surface area contributed by atoms with Gasteiger partial charge in [0.15, 0.2) is 0 Å². The van der Waals surface area contributed by atoms with E-state index >= 15 is 0 Å². The third-order valence-corrected chi connectivity index (χ3v) is 3.26. The van der Waals surface area contributed by atoms with E-state index in [1.54, 1.807) is 24.5 Å². The monoisotopic (exact) mass is 260 g/mol. The molecule has 1 amide bonds. The van der Waals surface area contributed by atoms with Crippen molar-refractivity contribution in [2.75, 3.05) is 5.32 Å². The first-order valence-corrected chi connectivity index (χ1v) is 6.28. The molecule has 0 aliphatic heterocycles. The molecule has 0 atom stereocenters. The second-order valence-electron chi connectivity index (χ2n) is 4.65. The van der Waals surface area contributed by atoms with Crippen LogP contribution in [0.1, 0.15) is 25.7 Å². The molecule has 100 valence electrons. The lowest BCUT2D eigenvalue weighted by molar-refractivity contribution is -0.131. The summed E-state index contributed by atoms with van der Waals surface area (Å²) >= 11 is 0. The number of aromatic nitrogens is 1. The number of allylic oxidation sites excluding steroid dienone is 1. The minimum Gasteiger partial charge on any atom is -0.478 e. The van der Waals surface area contributed by atoms with Gasteiger partial charge >= 0.3 is 5.97 Å². The van der Waals surface area contributed by atoms with Crippen LogP contribution >= 0.6 is 0 Å². The van der Waals surface area contributed by atoms with Crippen molar-refractivity contribution in [2.45, 2.75) is 25.7 Å². The first-order chi connectivity index (χ1) is 9.15. The Morgan fingerprint density at radius 2 is 2.11 bits per heavy atom. The maximum atomic E-state index is 12.0. The fraction of sp³-hybridized carbons (Fsp3) is 0.357. The Morgan fingerprint density at radius 1 is 1.37 bits per heavy atom. The molecule has 1 saturated carbocycles. The lowest BCUT2D eigenvalue weighted by Crippen LogP contribution is -2.25. The molecule has 2 N–H and O–H groups in total. The molecular formula is C14H16N2O3. The summed E-state index contributed by atoms with van der Waals surface area (Å²) in [6.07, 6.45) is 7.27. The van der Waals surface area contributed by atoms with Gasteiger partial charge in [-0.3, -0.25) is 9.78 Å². The van der Waals surface area contributed by atoms with Crippen molar-refractivity contribution in [3.05, 3.63) is 36.2 Å². The summed E-state index contributed by atoms with van der Waals surface area (Å²) in [5.74, 6) is -0.971. The summed E-state index contributed by atoms with van der Waals surface area (Å²) in [6.45, 7) is 0. The van der Waals surface area contributed by atoms with Crippen molar-refractivity contribution in [1.29, 1.82) is 0 Å². The Kier molecular flexibility index (Phi) is 4.28. The van der Waals surface area contributed by atoms with Crippen LogP contribution in [0.5, 0.6) is 0 Å². The van der Waals surface area contributed by atoms with Crippen LogP contribution in [0.3, 0.4) is 0 Å². The molecule has 1 aromatic heterocycles. The number of anilines is 1. The first kappa shape index (κ1) is 13.3. The van der Waals surface area contributed by atoms with Crippen LogP contribution in [-0.4, -0.2) is 22.0 Å². The first-order valence-electron chi connectivity index (χ1n) is 6.28. The second-order valence-corrected chi connectivity index (χ2v) is 4.65. The zero-order valence-electron chi connectivity index (χ0n) is 10.5. The zero-order chi connectivity index (χ0) is 13.7. The molecule has 0 aromatic carbocycles. The van der Waals surface area contributed by atoms with E-state index in [1.807, 2.05) is 0 Å². The molecule has 2 rings (SSSR count). The Balaban J connectivity index is 1.88. The lowest BCUT2D eigenvalue weighted by atomic mass is 9.85. The van der Waals surface area contributed by atoms with Gasteiger partial charge in [-0.2, -0.15) is 0 Å². The minimum absolute atomic E-state index is 0.0117. The lowest BCUT2D eigenvalue weighted by Gasteiger charge is -2.22. The summed E-state index contributed by atoms with van der Waals surface area (Å²) in [7, 11) is 0. The van der Waals surface area contributed by atoms with E-state index in [2.05, 4.69) is 10.3 Å². The minimum atomic E-state index is -0.909. The van der Waals surface area contributed by atoms with E-state index in [0.717, 1.165) is 5.57 Å². The maximum Gasteiger partial charge on any atom is 0.328 e. The number of pyridine rings is 1. The number of hydrogen-bond acceptors (Lipinski definition) is 3. The molecule has 0 spiro atoms. The zero-order valence-corrected chi connectivity index (χ0v) is 10.5.